The van der Waals surface area contributed by atoms with Crippen LogP contribution in [0.2, 0.25) is 0 Å². The summed E-state index contributed by atoms with van der Waals surface area (Å²) >= 11 is -2.20. The third-order valence-electron chi connectivity index (χ3n) is 1.49. The standard InChI is InChI=1S/C7H5NO3S/c9-12(10)5-1-2-7-6(3-5)8-4-11-7/h1-4H,(H,9,10)/p-1. The van der Waals surface area contributed by atoms with Crippen LogP contribution in [-0.2, 0) is 11.1 Å². The second-order valence-electron chi connectivity index (χ2n) is 2.22. The molecular weight excluding hydrogens is 178 g/mol. The van der Waals surface area contributed by atoms with Crippen LogP contribution in [0.3, 0.4) is 0 Å². The summed E-state index contributed by atoms with van der Waals surface area (Å²) in [5, 5.41) is 0. The van der Waals surface area contributed by atoms with E-state index < -0.39 is 11.1 Å². The minimum Gasteiger partial charge on any atom is -0.768 e. The summed E-state index contributed by atoms with van der Waals surface area (Å²) in [5.41, 5.74) is 1.14. The minimum atomic E-state index is -2.20. The van der Waals surface area contributed by atoms with E-state index in [1.807, 2.05) is 0 Å². The summed E-state index contributed by atoms with van der Waals surface area (Å²) in [5.74, 6) is 0. The second kappa shape index (κ2) is 2.69. The van der Waals surface area contributed by atoms with Crippen molar-refractivity contribution >= 4 is 22.2 Å². The summed E-state index contributed by atoms with van der Waals surface area (Å²) in [6, 6.07) is 4.51. The van der Waals surface area contributed by atoms with E-state index in [0.29, 0.717) is 11.1 Å². The fourth-order valence-corrected chi connectivity index (χ4v) is 1.33. The van der Waals surface area contributed by atoms with Crippen molar-refractivity contribution in [3.8, 4) is 0 Å². The molecule has 4 nitrogen and oxygen atoms in total. The van der Waals surface area contributed by atoms with Gasteiger partial charge in [-0.05, 0) is 29.3 Å². The van der Waals surface area contributed by atoms with Crippen molar-refractivity contribution in [3.05, 3.63) is 24.6 Å². The topological polar surface area (TPSA) is 66.2 Å². The van der Waals surface area contributed by atoms with E-state index in [-0.39, 0.29) is 4.90 Å². The fourth-order valence-electron chi connectivity index (χ4n) is 0.941. The first-order chi connectivity index (χ1) is 5.77. The van der Waals surface area contributed by atoms with E-state index in [1.54, 1.807) is 6.07 Å². The summed E-state index contributed by atoms with van der Waals surface area (Å²) < 4.78 is 26.0. The second-order valence-corrected chi connectivity index (χ2v) is 3.16. The minimum absolute atomic E-state index is 0.219. The molecule has 0 aliphatic carbocycles. The van der Waals surface area contributed by atoms with Gasteiger partial charge in [0, 0.05) is 4.90 Å². The lowest BCUT2D eigenvalue weighted by molar-refractivity contribution is 0.537. The molecule has 0 radical (unpaired) electrons. The predicted octanol–water partition coefficient (Wildman–Crippen LogP) is 1.07. The highest BCUT2D eigenvalue weighted by Crippen LogP contribution is 2.15. The third-order valence-corrected chi connectivity index (χ3v) is 2.13. The Morgan fingerprint density at radius 2 is 2.33 bits per heavy atom. The highest BCUT2D eigenvalue weighted by Gasteiger charge is 1.99. The molecule has 0 aliphatic rings. The van der Waals surface area contributed by atoms with Gasteiger partial charge in [0.25, 0.3) is 0 Å². The summed E-state index contributed by atoms with van der Waals surface area (Å²) in [6.45, 7) is 0. The van der Waals surface area contributed by atoms with Crippen molar-refractivity contribution in [3.63, 3.8) is 0 Å². The zero-order valence-corrected chi connectivity index (χ0v) is 6.71. The maximum atomic E-state index is 10.5. The molecule has 0 N–H and O–H groups in total. The molecular formula is C7H4NO3S-. The molecule has 1 unspecified atom stereocenters. The Balaban J connectivity index is 2.68. The van der Waals surface area contributed by atoms with E-state index in [4.69, 9.17) is 4.42 Å². The molecule has 0 saturated heterocycles. The smallest absolute Gasteiger partial charge is 0.181 e. The molecule has 0 spiro atoms. The van der Waals surface area contributed by atoms with Crippen LogP contribution in [0.15, 0.2) is 33.9 Å². The number of rotatable bonds is 1. The first-order valence-corrected chi connectivity index (χ1v) is 4.27. The van der Waals surface area contributed by atoms with Gasteiger partial charge in [-0.25, -0.2) is 4.98 Å². The van der Waals surface area contributed by atoms with Gasteiger partial charge in [0.1, 0.15) is 5.52 Å². The van der Waals surface area contributed by atoms with Crippen LogP contribution in [0.25, 0.3) is 11.1 Å². The molecule has 1 aromatic heterocycles. The van der Waals surface area contributed by atoms with E-state index >= 15 is 0 Å². The van der Waals surface area contributed by atoms with Crippen LogP contribution < -0.4 is 0 Å². The van der Waals surface area contributed by atoms with Crippen LogP contribution >= 0.6 is 0 Å². The van der Waals surface area contributed by atoms with Crippen molar-refractivity contribution in [2.75, 3.05) is 0 Å². The summed E-state index contributed by atoms with van der Waals surface area (Å²) in [7, 11) is 0. The largest absolute Gasteiger partial charge is 0.768 e. The maximum absolute atomic E-state index is 10.5. The van der Waals surface area contributed by atoms with Crippen molar-refractivity contribution in [2.24, 2.45) is 0 Å². The van der Waals surface area contributed by atoms with Gasteiger partial charge in [-0.3, -0.25) is 4.21 Å². The number of hydrogen-bond acceptors (Lipinski definition) is 4. The molecule has 2 aromatic rings. The van der Waals surface area contributed by atoms with Crippen molar-refractivity contribution in [1.29, 1.82) is 0 Å². The normalized spacial score (nSPS) is 13.4. The molecule has 62 valence electrons. The Labute approximate surface area is 70.5 Å². The molecule has 1 heterocycles. The summed E-state index contributed by atoms with van der Waals surface area (Å²) in [6.07, 6.45) is 1.28. The lowest BCUT2D eigenvalue weighted by atomic mass is 10.3. The monoisotopic (exact) mass is 182 g/mol. The van der Waals surface area contributed by atoms with Gasteiger partial charge in [0.05, 0.1) is 0 Å². The molecule has 0 amide bonds. The fraction of sp³-hybridized carbons (Fsp3) is 0. The molecule has 0 fully saturated rings. The number of hydrogen-bond donors (Lipinski definition) is 0. The molecule has 12 heavy (non-hydrogen) atoms. The molecule has 5 heteroatoms. The van der Waals surface area contributed by atoms with Crippen molar-refractivity contribution in [2.45, 2.75) is 4.90 Å². The van der Waals surface area contributed by atoms with Crippen LogP contribution in [0.4, 0.5) is 0 Å². The van der Waals surface area contributed by atoms with Crippen LogP contribution in [0.1, 0.15) is 0 Å². The van der Waals surface area contributed by atoms with Gasteiger partial charge in [0.2, 0.25) is 0 Å². The van der Waals surface area contributed by atoms with Crippen LogP contribution in [0, 0.1) is 0 Å². The highest BCUT2D eigenvalue weighted by molar-refractivity contribution is 7.79. The Kier molecular flexibility index (Phi) is 1.67. The highest BCUT2D eigenvalue weighted by atomic mass is 32.2. The zero-order chi connectivity index (χ0) is 8.55. The van der Waals surface area contributed by atoms with Gasteiger partial charge in [-0.2, -0.15) is 0 Å². The molecule has 1 atom stereocenters. The van der Waals surface area contributed by atoms with Gasteiger partial charge < -0.3 is 8.97 Å². The molecule has 1 aromatic carbocycles. The van der Waals surface area contributed by atoms with E-state index in [9.17, 15) is 8.76 Å². The van der Waals surface area contributed by atoms with Gasteiger partial charge >= 0.3 is 0 Å². The number of aromatic nitrogens is 1. The van der Waals surface area contributed by atoms with Crippen molar-refractivity contribution in [1.82, 2.24) is 4.98 Å². The summed E-state index contributed by atoms with van der Waals surface area (Å²) in [4.78, 5) is 4.04. The van der Waals surface area contributed by atoms with E-state index in [1.165, 1.54) is 18.5 Å². The lowest BCUT2D eigenvalue weighted by Crippen LogP contribution is -1.87. The number of nitrogens with zero attached hydrogens (tertiary/aromatic N) is 1. The Hall–Kier alpha value is -1.20. The van der Waals surface area contributed by atoms with Gasteiger partial charge in [0.15, 0.2) is 12.0 Å². The SMILES string of the molecule is O=S([O-])c1ccc2ocnc2c1. The first-order valence-electron chi connectivity index (χ1n) is 3.20. The maximum Gasteiger partial charge on any atom is 0.181 e. The first kappa shape index (κ1) is 7.45. The zero-order valence-electron chi connectivity index (χ0n) is 5.89. The van der Waals surface area contributed by atoms with Crippen molar-refractivity contribution < 1.29 is 13.2 Å². The average molecular weight is 182 g/mol. The molecule has 0 saturated carbocycles. The Morgan fingerprint density at radius 3 is 3.08 bits per heavy atom. The number of fused-ring (bicyclic) bond motifs is 1. The lowest BCUT2D eigenvalue weighted by Gasteiger charge is -2.02. The predicted molar refractivity (Wildman–Crippen MR) is 41.2 cm³/mol. The van der Waals surface area contributed by atoms with Gasteiger partial charge in [-0.1, -0.05) is 0 Å². The molecule has 0 aliphatic heterocycles. The van der Waals surface area contributed by atoms with E-state index in [2.05, 4.69) is 4.98 Å². The number of benzene rings is 1. The van der Waals surface area contributed by atoms with Crippen LogP contribution in [0.5, 0.6) is 0 Å². The average Bonchev–Trinajstić information content (AvgIpc) is 2.49. The Bertz CT molecular complexity index is 437. The van der Waals surface area contributed by atoms with Crippen LogP contribution in [-0.4, -0.2) is 13.7 Å². The number of oxazole rings is 1. The molecule has 2 rings (SSSR count). The van der Waals surface area contributed by atoms with E-state index in [0.717, 1.165) is 0 Å². The quantitative estimate of drug-likeness (QED) is 0.618. The molecule has 0 bridgehead atoms. The third kappa shape index (κ3) is 1.13. The Morgan fingerprint density at radius 1 is 1.50 bits per heavy atom. The van der Waals surface area contributed by atoms with Gasteiger partial charge in [-0.15, -0.1) is 0 Å².